The Labute approximate surface area is 701 Å². The Morgan fingerprint density at radius 1 is 0.269 bits per heavy atom. The van der Waals surface area contributed by atoms with Gasteiger partial charge < -0.3 is 28.1 Å². The van der Waals surface area contributed by atoms with Gasteiger partial charge in [0.2, 0.25) is 0 Å². The van der Waals surface area contributed by atoms with Crippen LogP contribution in [0.15, 0.2) is 294 Å². The van der Waals surface area contributed by atoms with E-state index < -0.39 is 18.8 Å². The maximum Gasteiger partial charge on any atom is 0.260 e. The standard InChI is InChI=1S/C110H92B2N2O4S/c1-106(2,3)72-47-67(48-73(58-72)107(4,5)6)68-51-81(71-49-74(108(7,8)9)59-75(50-71)109(10,11)12)103-84(53-68)111-83-52-66(63-31-19-16-20-32-63)43-46-92(83)117-104-100-89(62-95(118-103)101(104)111)113(85-54-69(64-33-21-17-22-34-64)56-93-97(85)79-38-25-28-40-90(79)115-93)87-60-76(110(13,14)15)61-88-99(87)112(100)82-45-44-78-77-37-27-30-42-96(77)119-105(78)102(82)114(88)86-55-70(65-35-23-18-24-36-65)57-94-98(86)80-39-26-29-41-91(80)116-94/h16-62H,1-15H3. The van der Waals surface area contributed by atoms with Gasteiger partial charge in [0.05, 0.1) is 32.5 Å². The molecule has 6 nitrogen and oxygen atoms in total. The molecule has 22 rings (SSSR count). The molecule has 18 aromatic rings. The van der Waals surface area contributed by atoms with Crippen molar-refractivity contribution in [3.63, 3.8) is 0 Å². The molecule has 0 fully saturated rings. The fraction of sp³-hybridized carbons (Fsp3) is 0.182. The molecular formula is C110H92B2N2O4S. The second-order valence-corrected chi connectivity index (χ2v) is 39.8. The summed E-state index contributed by atoms with van der Waals surface area (Å²) in [5.41, 5.74) is 32.2. The summed E-state index contributed by atoms with van der Waals surface area (Å²) in [6.07, 6.45) is 0. The number of hydrogen-bond donors (Lipinski definition) is 0. The van der Waals surface area contributed by atoms with Crippen molar-refractivity contribution in [3.8, 4) is 78.6 Å². The molecule has 578 valence electrons. The van der Waals surface area contributed by atoms with E-state index in [4.69, 9.17) is 18.3 Å². The Morgan fingerprint density at radius 2 is 0.714 bits per heavy atom. The average molecular weight is 1560 g/mol. The van der Waals surface area contributed by atoms with E-state index in [9.17, 15) is 0 Å². The van der Waals surface area contributed by atoms with Crippen molar-refractivity contribution in [2.75, 3.05) is 9.80 Å². The highest BCUT2D eigenvalue weighted by molar-refractivity contribution is 7.26. The van der Waals surface area contributed by atoms with E-state index in [0.29, 0.717) is 0 Å². The molecule has 4 aliphatic heterocycles. The highest BCUT2D eigenvalue weighted by atomic mass is 32.1. The molecule has 0 aliphatic carbocycles. The van der Waals surface area contributed by atoms with E-state index in [2.05, 4.69) is 399 Å². The minimum absolute atomic E-state index is 0.150. The zero-order chi connectivity index (χ0) is 81.4. The van der Waals surface area contributed by atoms with Crippen LogP contribution in [0.3, 0.4) is 0 Å². The first kappa shape index (κ1) is 72.9. The van der Waals surface area contributed by atoms with Crippen LogP contribution in [0.1, 0.15) is 132 Å². The number of rotatable bonds is 7. The Hall–Kier alpha value is -12.6. The number of fused-ring (bicyclic) bond motifs is 19. The summed E-state index contributed by atoms with van der Waals surface area (Å²) >= 11 is 1.88. The van der Waals surface area contributed by atoms with Crippen LogP contribution in [-0.2, 0) is 27.1 Å². The number of furan rings is 2. The molecule has 0 unspecified atom stereocenters. The summed E-state index contributed by atoms with van der Waals surface area (Å²) in [6.45, 7) is 34.4. The van der Waals surface area contributed by atoms with Crippen LogP contribution in [0.25, 0.3) is 120 Å². The third-order valence-corrected chi connectivity index (χ3v) is 27.0. The summed E-state index contributed by atoms with van der Waals surface area (Å²) in [4.78, 5) is 5.29. The smallest absolute Gasteiger partial charge is 0.260 e. The van der Waals surface area contributed by atoms with Gasteiger partial charge in [0.15, 0.2) is 0 Å². The predicted molar refractivity (Wildman–Crippen MR) is 506 cm³/mol. The number of nitrogens with zero attached hydrogens (tertiary/aromatic N) is 2. The SMILES string of the molecule is CC(C)(C)c1cc(-c2cc3c(c(-c4cc(C(C)(C)C)cc(C(C)(C)C)c4)c2)Oc2cc4c(c5c2B3c2cc(-c3ccccc3)ccc2O5)B2c3ccc5c(sc6ccccc65)c3N(c3cc(-c5ccccc5)cc5oc6ccccc6c35)c3cc(C(C)(C)C)cc(c32)N4c2cc(-c3ccccc3)cc3oc4ccccc4c23)cc(C(C)(C)C)c1. The second kappa shape index (κ2) is 26.0. The summed E-state index contributed by atoms with van der Waals surface area (Å²) in [7, 11) is 0. The largest absolute Gasteiger partial charge is 0.459 e. The Morgan fingerprint density at radius 3 is 1.27 bits per heavy atom. The number of para-hydroxylation sites is 2. The molecule has 0 saturated carbocycles. The molecule has 119 heavy (non-hydrogen) atoms. The van der Waals surface area contributed by atoms with Gasteiger partial charge in [-0.3, -0.25) is 0 Å². The minimum atomic E-state index is -0.454. The van der Waals surface area contributed by atoms with Crippen LogP contribution in [0, 0.1) is 0 Å². The molecule has 7 heterocycles. The highest BCUT2D eigenvalue weighted by Crippen LogP contribution is 2.57. The van der Waals surface area contributed by atoms with E-state index in [1.165, 1.54) is 53.6 Å². The van der Waals surface area contributed by atoms with Crippen molar-refractivity contribution in [3.05, 3.63) is 313 Å². The van der Waals surface area contributed by atoms with Gasteiger partial charge in [0, 0.05) is 60.4 Å². The zero-order valence-corrected chi connectivity index (χ0v) is 71.0. The number of thiophene rings is 1. The van der Waals surface area contributed by atoms with Gasteiger partial charge >= 0.3 is 0 Å². The third kappa shape index (κ3) is 11.6. The lowest BCUT2D eigenvalue weighted by atomic mass is 9.30. The Kier molecular flexibility index (Phi) is 15.9. The maximum absolute atomic E-state index is 8.41. The molecule has 0 amide bonds. The number of benzene rings is 15. The van der Waals surface area contributed by atoms with Gasteiger partial charge in [-0.15, -0.1) is 11.3 Å². The first-order valence-corrected chi connectivity index (χ1v) is 43.0. The van der Waals surface area contributed by atoms with E-state index >= 15 is 0 Å². The third-order valence-electron chi connectivity index (χ3n) is 25.8. The lowest BCUT2D eigenvalue weighted by Gasteiger charge is -2.47. The Balaban J connectivity index is 0.925. The van der Waals surface area contributed by atoms with Crippen molar-refractivity contribution in [1.29, 1.82) is 0 Å². The van der Waals surface area contributed by atoms with Crippen LogP contribution < -0.4 is 52.1 Å². The van der Waals surface area contributed by atoms with Crippen LogP contribution in [-0.4, -0.2) is 13.4 Å². The van der Waals surface area contributed by atoms with Crippen molar-refractivity contribution in [2.24, 2.45) is 0 Å². The van der Waals surface area contributed by atoms with Gasteiger partial charge in [0.25, 0.3) is 13.4 Å². The summed E-state index contributed by atoms with van der Waals surface area (Å²) in [6, 6.07) is 107. The van der Waals surface area contributed by atoms with Crippen molar-refractivity contribution in [2.45, 2.75) is 131 Å². The van der Waals surface area contributed by atoms with Crippen molar-refractivity contribution >= 4 is 156 Å². The summed E-state index contributed by atoms with van der Waals surface area (Å²) < 4.78 is 33.7. The quantitative estimate of drug-likeness (QED) is 0.148. The predicted octanol–water partition coefficient (Wildman–Crippen LogP) is 27.5. The van der Waals surface area contributed by atoms with Crippen molar-refractivity contribution in [1.82, 2.24) is 0 Å². The molecule has 0 spiro atoms. The molecular weight excluding hydrogens is 1470 g/mol. The molecule has 0 N–H and O–H groups in total. The topological polar surface area (TPSA) is 51.2 Å². The van der Waals surface area contributed by atoms with Gasteiger partial charge in [-0.05, 0) is 199 Å². The minimum Gasteiger partial charge on any atom is -0.459 e. The van der Waals surface area contributed by atoms with E-state index in [1.54, 1.807) is 0 Å². The normalized spacial score (nSPS) is 13.7. The first-order valence-electron chi connectivity index (χ1n) is 42.1. The van der Waals surface area contributed by atoms with Crippen LogP contribution in [0.5, 0.6) is 23.0 Å². The van der Waals surface area contributed by atoms with E-state index in [-0.39, 0.29) is 21.7 Å². The molecule has 4 aliphatic rings. The maximum atomic E-state index is 8.41. The van der Waals surface area contributed by atoms with E-state index in [1.807, 2.05) is 11.3 Å². The van der Waals surface area contributed by atoms with Gasteiger partial charge in [-0.25, -0.2) is 0 Å². The van der Waals surface area contributed by atoms with Gasteiger partial charge in [-0.1, -0.05) is 316 Å². The molecule has 3 aromatic heterocycles. The summed E-state index contributed by atoms with van der Waals surface area (Å²) in [5.74, 6) is 3.17. The van der Waals surface area contributed by atoms with Crippen LogP contribution >= 0.6 is 11.3 Å². The van der Waals surface area contributed by atoms with Crippen LogP contribution in [0.2, 0.25) is 0 Å². The van der Waals surface area contributed by atoms with E-state index in [0.717, 1.165) is 184 Å². The molecule has 0 atom stereocenters. The monoisotopic (exact) mass is 1560 g/mol. The molecule has 9 heteroatoms. The zero-order valence-electron chi connectivity index (χ0n) is 70.2. The van der Waals surface area contributed by atoms with Crippen LogP contribution in [0.4, 0.5) is 34.1 Å². The highest BCUT2D eigenvalue weighted by Gasteiger charge is 2.52. The number of hydrogen-bond acceptors (Lipinski definition) is 7. The fourth-order valence-corrected chi connectivity index (χ4v) is 20.7. The second-order valence-electron chi connectivity index (χ2n) is 38.8. The lowest BCUT2D eigenvalue weighted by molar-refractivity contribution is 0.468. The van der Waals surface area contributed by atoms with Gasteiger partial charge in [0.1, 0.15) is 45.3 Å². The number of ether oxygens (including phenoxy) is 2. The molecule has 0 bridgehead atoms. The summed E-state index contributed by atoms with van der Waals surface area (Å²) in [5, 5.41) is 6.55. The first-order chi connectivity index (χ1) is 57.1. The molecule has 15 aromatic carbocycles. The molecule has 0 radical (unpaired) electrons. The fourth-order valence-electron chi connectivity index (χ4n) is 19.4. The molecule has 0 saturated heterocycles. The average Bonchev–Trinajstić information content (AvgIpc) is 1.54. The van der Waals surface area contributed by atoms with Crippen molar-refractivity contribution < 1.29 is 18.3 Å². The van der Waals surface area contributed by atoms with Gasteiger partial charge in [-0.2, -0.15) is 0 Å². The lowest BCUT2D eigenvalue weighted by Crippen LogP contribution is -2.65. The number of anilines is 6. The Bertz CT molecular complexity index is 7270.